The molecule has 0 heterocycles. The van der Waals surface area contributed by atoms with Gasteiger partial charge in [0.1, 0.15) is 0 Å². The van der Waals surface area contributed by atoms with Crippen LogP contribution in [0.1, 0.15) is 0 Å². The third-order valence-electron chi connectivity index (χ3n) is 1.99. The minimum absolute atomic E-state index is 0.383. The van der Waals surface area contributed by atoms with Gasteiger partial charge in [-0.3, -0.25) is 0 Å². The summed E-state index contributed by atoms with van der Waals surface area (Å²) in [5, 5.41) is 0. The van der Waals surface area contributed by atoms with Crippen LogP contribution < -0.4 is 0 Å². The van der Waals surface area contributed by atoms with Gasteiger partial charge in [0.15, 0.2) is 0 Å². The molecule has 121 valence electrons. The van der Waals surface area contributed by atoms with E-state index in [4.69, 9.17) is 0 Å². The van der Waals surface area contributed by atoms with Gasteiger partial charge in [0.05, 0.1) is 0 Å². The van der Waals surface area contributed by atoms with Gasteiger partial charge in [-0.15, -0.1) is 31.7 Å². The van der Waals surface area contributed by atoms with Gasteiger partial charge < -0.3 is 0 Å². The van der Waals surface area contributed by atoms with Crippen LogP contribution in [0.15, 0.2) is 0 Å². The first-order valence-corrected chi connectivity index (χ1v) is 21.6. The van der Waals surface area contributed by atoms with Crippen molar-refractivity contribution in [3.05, 3.63) is 0 Å². The van der Waals surface area contributed by atoms with E-state index in [1.54, 1.807) is 0 Å². The van der Waals surface area contributed by atoms with Crippen LogP contribution in [0.2, 0.25) is 0 Å². The van der Waals surface area contributed by atoms with Gasteiger partial charge in [-0.05, 0) is 78.0 Å². The molecule has 0 unspecified atom stereocenters. The first-order valence-electron chi connectivity index (χ1n) is 6.13. The summed E-state index contributed by atoms with van der Waals surface area (Å²) < 4.78 is 0. The number of hydrogen-bond donors (Lipinski definition) is 0. The monoisotopic (exact) mass is 513 g/mol. The molecule has 0 aromatic heterocycles. The van der Waals surface area contributed by atoms with E-state index in [0.29, 0.717) is 43.0 Å². The summed E-state index contributed by atoms with van der Waals surface area (Å²) in [7, 11) is 1.53. The van der Waals surface area contributed by atoms with Crippen molar-refractivity contribution in [2.24, 2.45) is 0 Å². The molecule has 0 amide bonds. The zero-order chi connectivity index (χ0) is 15.8. The van der Waals surface area contributed by atoms with Gasteiger partial charge in [0.2, 0.25) is 0 Å². The molecule has 0 radical (unpaired) electrons. The number of hydrogen-bond acceptors (Lipinski definition) is 0. The maximum atomic E-state index is 3.09. The Morgan fingerprint density at radius 3 is 0.684 bits per heavy atom. The van der Waals surface area contributed by atoms with E-state index in [-0.39, 0.29) is 0 Å². The molecule has 0 aliphatic heterocycles. The summed E-state index contributed by atoms with van der Waals surface area (Å²) in [5.41, 5.74) is 0. The Labute approximate surface area is 148 Å². The van der Waals surface area contributed by atoms with Crippen LogP contribution in [-0.4, -0.2) is 78.0 Å². The summed E-state index contributed by atoms with van der Waals surface area (Å²) in [6.07, 6.45) is 5.92. The van der Waals surface area contributed by atoms with Crippen LogP contribution in [0, 0.1) is 0 Å². The fourth-order valence-electron chi connectivity index (χ4n) is 0.800. The summed E-state index contributed by atoms with van der Waals surface area (Å²) in [4.78, 5) is 0. The molecule has 0 aliphatic rings. The van der Waals surface area contributed by atoms with Gasteiger partial charge in [0, 0.05) is 0 Å². The average Bonchev–Trinajstić information content (AvgIpc) is 2.25. The molecule has 0 rings (SSSR count). The van der Waals surface area contributed by atoms with E-state index in [0.717, 1.165) is 0 Å². The molecule has 0 atom stereocenters. The van der Waals surface area contributed by atoms with Crippen LogP contribution in [0.25, 0.3) is 0 Å². The van der Waals surface area contributed by atoms with Gasteiger partial charge in [-0.25, -0.2) is 0 Å². The first kappa shape index (κ1) is 27.1. The van der Waals surface area contributed by atoms with Gasteiger partial charge >= 0.3 is 39.6 Å². The molecular formula is C12H32Br2MnP4. The molecule has 0 fully saturated rings. The SMILES string of the molecule is CP(C)CCP(C)C.CP(C)CCP(C)C.[Br][Mn][Br]. The molecule has 0 N–H and O–H groups in total. The number of halogens is 2. The number of rotatable bonds is 6. The average molecular weight is 515 g/mol. The predicted molar refractivity (Wildman–Crippen MR) is 112 cm³/mol. The molecule has 0 aromatic rings. The summed E-state index contributed by atoms with van der Waals surface area (Å²) >= 11 is 6.88. The topological polar surface area (TPSA) is 0 Å². The van der Waals surface area contributed by atoms with Gasteiger partial charge in [-0.2, -0.15) is 0 Å². The second-order valence-electron chi connectivity index (χ2n) is 5.27. The Balaban J connectivity index is -0.000000224. The maximum absolute atomic E-state index is 3.09. The van der Waals surface area contributed by atoms with E-state index in [1.165, 1.54) is 24.6 Å². The van der Waals surface area contributed by atoms with Crippen molar-refractivity contribution in [3.8, 4) is 0 Å². The third kappa shape index (κ3) is 44.9. The van der Waals surface area contributed by atoms with E-state index in [1.807, 2.05) is 0 Å². The quantitative estimate of drug-likeness (QED) is 0.276. The van der Waals surface area contributed by atoms with Crippen LogP contribution in [0.5, 0.6) is 0 Å². The predicted octanol–water partition coefficient (Wildman–Crippen LogP) is 6.63. The van der Waals surface area contributed by atoms with E-state index >= 15 is 0 Å². The Hall–Kier alpha value is 3.20. The standard InChI is InChI=1S/2C6H16P2.2BrH.Mn/c2*1-7(2)5-6-8(3)4;;;/h2*5-6H2,1-4H3;2*1H;/q;;;;+2/p-2. The Kier molecular flexibility index (Phi) is 30.2. The summed E-state index contributed by atoms with van der Waals surface area (Å²) in [6.45, 7) is 18.8. The molecule has 0 spiro atoms. The molecule has 0 aromatic carbocycles. The normalized spacial score (nSPS) is 10.4. The Morgan fingerprint density at radius 1 is 0.526 bits per heavy atom. The third-order valence-corrected chi connectivity index (χ3v) is 7.17. The second-order valence-corrected chi connectivity index (χ2v) is 21.7. The van der Waals surface area contributed by atoms with Crippen LogP contribution in [-0.2, 0) is 11.3 Å². The van der Waals surface area contributed by atoms with Crippen molar-refractivity contribution in [2.75, 3.05) is 78.0 Å². The van der Waals surface area contributed by atoms with E-state index in [2.05, 4.69) is 81.5 Å². The van der Waals surface area contributed by atoms with Crippen LogP contribution in [0.4, 0.5) is 0 Å². The fraction of sp³-hybridized carbons (Fsp3) is 1.00. The van der Waals surface area contributed by atoms with Gasteiger partial charge in [0.25, 0.3) is 0 Å². The summed E-state index contributed by atoms with van der Waals surface area (Å²) in [5.74, 6) is 0. The van der Waals surface area contributed by atoms with Crippen molar-refractivity contribution >= 4 is 59.9 Å². The van der Waals surface area contributed by atoms with E-state index in [9.17, 15) is 0 Å². The van der Waals surface area contributed by atoms with Gasteiger partial charge in [-0.1, -0.05) is 0 Å². The molecule has 0 saturated heterocycles. The molecule has 7 heteroatoms. The van der Waals surface area contributed by atoms with Crippen molar-refractivity contribution < 1.29 is 11.3 Å². The van der Waals surface area contributed by atoms with Crippen molar-refractivity contribution in [1.29, 1.82) is 0 Å². The zero-order valence-electron chi connectivity index (χ0n) is 13.8. The van der Waals surface area contributed by atoms with E-state index < -0.39 is 0 Å². The van der Waals surface area contributed by atoms with Crippen molar-refractivity contribution in [2.45, 2.75) is 0 Å². The summed E-state index contributed by atoms with van der Waals surface area (Å²) in [6, 6.07) is 0. The molecular weight excluding hydrogens is 483 g/mol. The second kappa shape index (κ2) is 21.2. The van der Waals surface area contributed by atoms with Crippen LogP contribution in [0.3, 0.4) is 0 Å². The zero-order valence-corrected chi connectivity index (χ0v) is 21.7. The first-order chi connectivity index (χ1) is 8.67. The molecule has 0 nitrogen and oxygen atoms in total. The molecule has 0 aliphatic carbocycles. The minimum atomic E-state index is 0.383. The molecule has 0 bridgehead atoms. The van der Waals surface area contributed by atoms with Crippen LogP contribution >= 0.6 is 59.9 Å². The Bertz CT molecular complexity index is 127. The van der Waals surface area contributed by atoms with Crippen molar-refractivity contribution in [3.63, 3.8) is 0 Å². The molecule has 19 heavy (non-hydrogen) atoms. The Morgan fingerprint density at radius 2 is 0.632 bits per heavy atom. The fourth-order valence-corrected chi connectivity index (χ4v) is 7.20. The van der Waals surface area contributed by atoms with Crippen molar-refractivity contribution in [1.82, 2.24) is 0 Å². The molecule has 0 saturated carbocycles.